The third kappa shape index (κ3) is 5.61. The number of carboxylic acid groups (broad SMARTS) is 1. The van der Waals surface area contributed by atoms with Gasteiger partial charge in [-0.1, -0.05) is 36.0 Å². The zero-order valence-electron chi connectivity index (χ0n) is 14.6. The van der Waals surface area contributed by atoms with Crippen molar-refractivity contribution in [2.45, 2.75) is 64.9 Å². The number of ketones is 1. The van der Waals surface area contributed by atoms with E-state index in [0.29, 0.717) is 21.4 Å². The second-order valence-corrected chi connectivity index (χ2v) is 8.02. The second kappa shape index (κ2) is 8.41. The van der Waals surface area contributed by atoms with Crippen LogP contribution in [0.1, 0.15) is 57.9 Å². The highest BCUT2D eigenvalue weighted by Gasteiger charge is 2.37. The van der Waals surface area contributed by atoms with Crippen LogP contribution in [0.5, 0.6) is 5.75 Å². The molecule has 0 unspecified atom stereocenters. The fraction of sp³-hybridized carbons (Fsp3) is 0.579. The average molecular weight is 387 g/mol. The molecule has 1 saturated carbocycles. The van der Waals surface area contributed by atoms with Crippen LogP contribution < -0.4 is 4.74 Å². The van der Waals surface area contributed by atoms with Crippen LogP contribution in [-0.2, 0) is 16.0 Å². The van der Waals surface area contributed by atoms with E-state index in [1.165, 1.54) is 0 Å². The number of halogens is 2. The zero-order valence-corrected chi connectivity index (χ0v) is 16.1. The van der Waals surface area contributed by atoms with Crippen LogP contribution in [0.2, 0.25) is 10.0 Å². The first-order valence-corrected chi connectivity index (χ1v) is 9.34. The number of Topliss-reactive ketones (excluding diaryl/α,β-unsaturated/α-hetero) is 1. The van der Waals surface area contributed by atoms with Crippen molar-refractivity contribution in [2.75, 3.05) is 0 Å². The maximum atomic E-state index is 12.6. The lowest BCUT2D eigenvalue weighted by Gasteiger charge is -2.26. The van der Waals surface area contributed by atoms with Gasteiger partial charge in [0.25, 0.3) is 0 Å². The third-order valence-electron chi connectivity index (χ3n) is 4.61. The Morgan fingerprint density at radius 2 is 1.80 bits per heavy atom. The maximum Gasteiger partial charge on any atom is 0.303 e. The van der Waals surface area contributed by atoms with Crippen molar-refractivity contribution >= 4 is 35.0 Å². The Kier molecular flexibility index (Phi) is 6.75. The highest BCUT2D eigenvalue weighted by molar-refractivity contribution is 6.36. The van der Waals surface area contributed by atoms with Gasteiger partial charge in [0.15, 0.2) is 0 Å². The number of ether oxygens (including phenoxy) is 1. The van der Waals surface area contributed by atoms with Gasteiger partial charge >= 0.3 is 5.97 Å². The second-order valence-electron chi connectivity index (χ2n) is 7.21. The van der Waals surface area contributed by atoms with E-state index in [1.54, 1.807) is 12.1 Å². The molecule has 0 aliphatic heterocycles. The molecular weight excluding hydrogens is 363 g/mol. The first-order valence-electron chi connectivity index (χ1n) is 8.59. The summed E-state index contributed by atoms with van der Waals surface area (Å²) in [6, 6.07) is 3.30. The van der Waals surface area contributed by atoms with Crippen molar-refractivity contribution in [1.82, 2.24) is 0 Å². The molecule has 138 valence electrons. The lowest BCUT2D eigenvalue weighted by atomic mass is 9.77. The third-order valence-corrected chi connectivity index (χ3v) is 5.26. The molecule has 0 heterocycles. The number of rotatable bonds is 8. The van der Waals surface area contributed by atoms with Crippen LogP contribution in [0.25, 0.3) is 0 Å². The van der Waals surface area contributed by atoms with Crippen LogP contribution >= 0.6 is 23.2 Å². The molecule has 1 aliphatic rings. The molecule has 1 aromatic rings. The van der Waals surface area contributed by atoms with Gasteiger partial charge in [-0.2, -0.15) is 0 Å². The number of carbonyl (C=O) groups excluding carboxylic acids is 1. The van der Waals surface area contributed by atoms with E-state index in [2.05, 4.69) is 0 Å². The normalized spacial score (nSPS) is 16.2. The van der Waals surface area contributed by atoms with Gasteiger partial charge in [-0.15, -0.1) is 0 Å². The lowest BCUT2D eigenvalue weighted by Crippen LogP contribution is -2.25. The van der Waals surface area contributed by atoms with Gasteiger partial charge < -0.3 is 9.84 Å². The Balaban J connectivity index is 2.12. The summed E-state index contributed by atoms with van der Waals surface area (Å²) in [6.07, 6.45) is 3.99. The molecule has 0 bridgehead atoms. The topological polar surface area (TPSA) is 63.6 Å². The summed E-state index contributed by atoms with van der Waals surface area (Å²) in [6.45, 7) is 3.79. The minimum Gasteiger partial charge on any atom is -0.489 e. The summed E-state index contributed by atoms with van der Waals surface area (Å²) in [5.74, 6) is -0.334. The molecule has 6 heteroatoms. The predicted octanol–water partition coefficient (Wildman–Crippen LogP) is 5.32. The summed E-state index contributed by atoms with van der Waals surface area (Å²) >= 11 is 12.4. The predicted molar refractivity (Wildman–Crippen MR) is 98.7 cm³/mol. The van der Waals surface area contributed by atoms with E-state index < -0.39 is 11.4 Å². The van der Waals surface area contributed by atoms with Crippen molar-refractivity contribution in [3.05, 3.63) is 27.7 Å². The van der Waals surface area contributed by atoms with E-state index in [-0.39, 0.29) is 31.1 Å². The number of hydrogen-bond donors (Lipinski definition) is 1. The van der Waals surface area contributed by atoms with Gasteiger partial charge in [0, 0.05) is 17.9 Å². The molecule has 0 amide bonds. The fourth-order valence-electron chi connectivity index (χ4n) is 3.61. The quantitative estimate of drug-likeness (QED) is 0.656. The van der Waals surface area contributed by atoms with Gasteiger partial charge in [0.1, 0.15) is 11.5 Å². The Morgan fingerprint density at radius 1 is 1.16 bits per heavy atom. The van der Waals surface area contributed by atoms with Gasteiger partial charge in [-0.3, -0.25) is 9.59 Å². The van der Waals surface area contributed by atoms with Crippen molar-refractivity contribution in [3.8, 4) is 5.75 Å². The molecule has 0 radical (unpaired) electrons. The number of benzene rings is 1. The van der Waals surface area contributed by atoms with Gasteiger partial charge in [0.2, 0.25) is 0 Å². The van der Waals surface area contributed by atoms with Crippen LogP contribution in [0.4, 0.5) is 0 Å². The molecule has 0 spiro atoms. The van der Waals surface area contributed by atoms with E-state index in [4.69, 9.17) is 27.9 Å². The molecule has 0 saturated heterocycles. The minimum absolute atomic E-state index is 0.00266. The number of carbonyl (C=O) groups is 2. The number of hydrogen-bond acceptors (Lipinski definition) is 3. The molecular formula is C19H24Cl2O4. The first kappa shape index (κ1) is 20.1. The Bertz CT molecular complexity index is 649. The summed E-state index contributed by atoms with van der Waals surface area (Å²) in [5, 5.41) is 10.0. The summed E-state index contributed by atoms with van der Waals surface area (Å²) in [5.41, 5.74) is 0.259. The monoisotopic (exact) mass is 386 g/mol. The molecule has 1 aliphatic carbocycles. The lowest BCUT2D eigenvalue weighted by molar-refractivity contribution is -0.140. The van der Waals surface area contributed by atoms with E-state index in [9.17, 15) is 14.7 Å². The van der Waals surface area contributed by atoms with Gasteiger partial charge in [0.05, 0.1) is 17.5 Å². The fourth-order valence-corrected chi connectivity index (χ4v) is 4.10. The highest BCUT2D eigenvalue weighted by Crippen LogP contribution is 2.44. The van der Waals surface area contributed by atoms with Crippen molar-refractivity contribution in [2.24, 2.45) is 5.41 Å². The Labute approximate surface area is 158 Å². The molecule has 0 atom stereocenters. The molecule has 1 N–H and O–H groups in total. The Hall–Kier alpha value is -1.26. The summed E-state index contributed by atoms with van der Waals surface area (Å²) < 4.78 is 5.65. The van der Waals surface area contributed by atoms with Crippen LogP contribution in [0, 0.1) is 5.41 Å². The SMILES string of the molecule is CC(C)Oc1cc(CC(=O)CC2(CC(=O)O)CCCC2)c(Cl)cc1Cl. The van der Waals surface area contributed by atoms with Crippen LogP contribution in [-0.4, -0.2) is 23.0 Å². The van der Waals surface area contributed by atoms with Crippen molar-refractivity contribution < 1.29 is 19.4 Å². The largest absolute Gasteiger partial charge is 0.489 e. The first-order chi connectivity index (χ1) is 11.7. The Morgan fingerprint density at radius 3 is 2.36 bits per heavy atom. The zero-order chi connectivity index (χ0) is 18.6. The maximum absolute atomic E-state index is 12.6. The van der Waals surface area contributed by atoms with E-state index >= 15 is 0 Å². The van der Waals surface area contributed by atoms with E-state index in [1.807, 2.05) is 13.8 Å². The van der Waals surface area contributed by atoms with E-state index in [0.717, 1.165) is 25.7 Å². The molecule has 1 aromatic carbocycles. The van der Waals surface area contributed by atoms with Crippen LogP contribution in [0.15, 0.2) is 12.1 Å². The van der Waals surface area contributed by atoms with Crippen molar-refractivity contribution in [3.63, 3.8) is 0 Å². The number of aliphatic carboxylic acids is 1. The highest BCUT2D eigenvalue weighted by atomic mass is 35.5. The van der Waals surface area contributed by atoms with Gasteiger partial charge in [-0.05, 0) is 49.8 Å². The van der Waals surface area contributed by atoms with Crippen LogP contribution in [0.3, 0.4) is 0 Å². The summed E-state index contributed by atoms with van der Waals surface area (Å²) in [4.78, 5) is 23.8. The average Bonchev–Trinajstić information content (AvgIpc) is 2.90. The molecule has 2 rings (SSSR count). The summed E-state index contributed by atoms with van der Waals surface area (Å²) in [7, 11) is 0. The van der Waals surface area contributed by atoms with Gasteiger partial charge in [-0.25, -0.2) is 0 Å². The molecule has 1 fully saturated rings. The smallest absolute Gasteiger partial charge is 0.303 e. The number of carboxylic acids is 1. The molecule has 4 nitrogen and oxygen atoms in total. The molecule has 25 heavy (non-hydrogen) atoms. The standard InChI is InChI=1S/C19H24Cl2O4/c1-12(2)25-17-8-13(15(20)9-16(17)21)7-14(22)10-19(11-18(23)24)5-3-4-6-19/h8-9,12H,3-7,10-11H2,1-2H3,(H,23,24). The van der Waals surface area contributed by atoms with Crippen molar-refractivity contribution in [1.29, 1.82) is 0 Å². The molecule has 0 aromatic heterocycles. The minimum atomic E-state index is -0.841.